The monoisotopic (exact) mass is 354 g/mol. The number of hydrogen-bond donors (Lipinski definition) is 3. The van der Waals surface area contributed by atoms with E-state index >= 15 is 0 Å². The van der Waals surface area contributed by atoms with Gasteiger partial charge in [-0.25, -0.2) is 4.79 Å². The Morgan fingerprint density at radius 3 is 2.52 bits per heavy atom. The van der Waals surface area contributed by atoms with Crippen LogP contribution in [-0.2, 0) is 4.79 Å². The molecule has 0 radical (unpaired) electrons. The molecule has 0 bridgehead atoms. The van der Waals surface area contributed by atoms with E-state index in [9.17, 15) is 14.7 Å². The summed E-state index contributed by atoms with van der Waals surface area (Å²) in [7, 11) is 0. The van der Waals surface area contributed by atoms with Gasteiger partial charge < -0.3 is 16.2 Å². The third-order valence-corrected chi connectivity index (χ3v) is 4.64. The maximum absolute atomic E-state index is 12.4. The van der Waals surface area contributed by atoms with E-state index in [0.717, 1.165) is 17.3 Å². The molecular formula is C15H19BrN2O3. The zero-order valence-corrected chi connectivity index (χ0v) is 13.4. The summed E-state index contributed by atoms with van der Waals surface area (Å²) in [6.07, 6.45) is 2.49. The van der Waals surface area contributed by atoms with Crippen LogP contribution in [0.1, 0.15) is 43.0 Å². The van der Waals surface area contributed by atoms with Crippen molar-refractivity contribution in [2.24, 2.45) is 5.92 Å². The van der Waals surface area contributed by atoms with Crippen molar-refractivity contribution >= 4 is 33.5 Å². The third kappa shape index (κ3) is 3.37. The van der Waals surface area contributed by atoms with Gasteiger partial charge in [0.25, 0.3) is 5.91 Å². The molecule has 1 aliphatic rings. The molecule has 1 saturated carbocycles. The van der Waals surface area contributed by atoms with Crippen molar-refractivity contribution in [3.05, 3.63) is 28.2 Å². The molecule has 1 aromatic carbocycles. The van der Waals surface area contributed by atoms with Gasteiger partial charge in [0, 0.05) is 10.2 Å². The van der Waals surface area contributed by atoms with E-state index in [1.807, 2.05) is 0 Å². The number of amides is 1. The molecule has 0 saturated heterocycles. The Morgan fingerprint density at radius 2 is 2.00 bits per heavy atom. The first-order valence-corrected chi connectivity index (χ1v) is 7.74. The van der Waals surface area contributed by atoms with E-state index in [4.69, 9.17) is 5.73 Å². The Labute approximate surface area is 132 Å². The number of carbonyl (C=O) groups excluding carboxylic acids is 1. The highest BCUT2D eigenvalue weighted by Gasteiger charge is 2.42. The van der Waals surface area contributed by atoms with Gasteiger partial charge in [-0.05, 0) is 49.8 Å². The van der Waals surface area contributed by atoms with Gasteiger partial charge in [0.15, 0.2) is 0 Å². The molecule has 0 atom stereocenters. The van der Waals surface area contributed by atoms with Crippen molar-refractivity contribution in [1.29, 1.82) is 0 Å². The molecule has 1 fully saturated rings. The number of anilines is 1. The van der Waals surface area contributed by atoms with Gasteiger partial charge in [-0.1, -0.05) is 22.9 Å². The van der Waals surface area contributed by atoms with Gasteiger partial charge in [0.2, 0.25) is 0 Å². The van der Waals surface area contributed by atoms with Gasteiger partial charge in [-0.3, -0.25) is 4.79 Å². The third-order valence-electron chi connectivity index (χ3n) is 4.15. The van der Waals surface area contributed by atoms with E-state index in [2.05, 4.69) is 28.2 Å². The number of aliphatic carboxylic acids is 1. The van der Waals surface area contributed by atoms with Crippen molar-refractivity contribution in [1.82, 2.24) is 5.32 Å². The lowest BCUT2D eigenvalue weighted by atomic mass is 9.77. The van der Waals surface area contributed by atoms with Crippen LogP contribution in [0.4, 0.5) is 5.69 Å². The molecule has 0 spiro atoms. The predicted molar refractivity (Wildman–Crippen MR) is 84.0 cm³/mol. The Morgan fingerprint density at radius 1 is 1.38 bits per heavy atom. The average Bonchev–Trinajstić information content (AvgIpc) is 2.41. The molecule has 0 unspecified atom stereocenters. The summed E-state index contributed by atoms with van der Waals surface area (Å²) in [5.74, 6) is -0.914. The average molecular weight is 355 g/mol. The molecule has 5 nitrogen and oxygen atoms in total. The van der Waals surface area contributed by atoms with Crippen LogP contribution in [0.2, 0.25) is 0 Å². The minimum Gasteiger partial charge on any atom is -0.480 e. The summed E-state index contributed by atoms with van der Waals surface area (Å²) in [6.45, 7) is 2.10. The molecule has 1 amide bonds. The minimum absolute atomic E-state index is 0.303. The van der Waals surface area contributed by atoms with E-state index in [1.165, 1.54) is 0 Å². The second-order valence-electron chi connectivity index (χ2n) is 5.76. The van der Waals surface area contributed by atoms with Gasteiger partial charge in [0.05, 0.1) is 5.56 Å². The number of nitrogen functional groups attached to an aromatic ring is 1. The standard InChI is InChI=1S/C15H19BrN2O3/c1-9-4-6-15(7-5-9,14(20)21)18-13(19)11-3-2-10(16)8-12(11)17/h2-3,8-9H,4-7,17H2,1H3,(H,18,19)(H,20,21). The van der Waals surface area contributed by atoms with E-state index < -0.39 is 17.4 Å². The number of nitrogens with two attached hydrogens (primary N) is 1. The van der Waals surface area contributed by atoms with Crippen LogP contribution in [-0.4, -0.2) is 22.5 Å². The molecule has 6 heteroatoms. The van der Waals surface area contributed by atoms with Crippen molar-refractivity contribution in [2.75, 3.05) is 5.73 Å². The molecule has 4 N–H and O–H groups in total. The van der Waals surface area contributed by atoms with Crippen LogP contribution in [0, 0.1) is 5.92 Å². The number of hydrogen-bond acceptors (Lipinski definition) is 3. The summed E-state index contributed by atoms with van der Waals surface area (Å²) < 4.78 is 0.774. The molecule has 1 aromatic rings. The first-order chi connectivity index (χ1) is 9.84. The predicted octanol–water partition coefficient (Wildman–Crippen LogP) is 2.79. The fourth-order valence-electron chi connectivity index (χ4n) is 2.67. The second-order valence-corrected chi connectivity index (χ2v) is 6.67. The summed E-state index contributed by atoms with van der Waals surface area (Å²) in [6, 6.07) is 4.93. The van der Waals surface area contributed by atoms with Crippen LogP contribution in [0.25, 0.3) is 0 Å². The van der Waals surface area contributed by atoms with E-state index in [1.54, 1.807) is 18.2 Å². The second kappa shape index (κ2) is 6.05. The Bertz CT molecular complexity index is 566. The van der Waals surface area contributed by atoms with Crippen molar-refractivity contribution < 1.29 is 14.7 Å². The smallest absolute Gasteiger partial charge is 0.329 e. The minimum atomic E-state index is -1.18. The molecular weight excluding hydrogens is 336 g/mol. The number of nitrogens with one attached hydrogen (secondary N) is 1. The first kappa shape index (κ1) is 15.8. The molecule has 0 aliphatic heterocycles. The maximum atomic E-state index is 12.4. The highest BCUT2D eigenvalue weighted by molar-refractivity contribution is 9.10. The van der Waals surface area contributed by atoms with Gasteiger partial charge in [-0.2, -0.15) is 0 Å². The summed E-state index contributed by atoms with van der Waals surface area (Å²) in [4.78, 5) is 24.0. The molecule has 0 aromatic heterocycles. The quantitative estimate of drug-likeness (QED) is 0.727. The summed E-state index contributed by atoms with van der Waals surface area (Å²) >= 11 is 3.28. The van der Waals surface area contributed by atoms with E-state index in [-0.39, 0.29) is 0 Å². The fourth-order valence-corrected chi connectivity index (χ4v) is 3.05. The van der Waals surface area contributed by atoms with Crippen LogP contribution >= 0.6 is 15.9 Å². The number of carboxylic acids is 1. The lowest BCUT2D eigenvalue weighted by Crippen LogP contribution is -2.56. The lowest BCUT2D eigenvalue weighted by Gasteiger charge is -2.36. The van der Waals surface area contributed by atoms with Crippen LogP contribution in [0.3, 0.4) is 0 Å². The van der Waals surface area contributed by atoms with Crippen molar-refractivity contribution in [3.63, 3.8) is 0 Å². The Hall–Kier alpha value is -1.56. The summed E-state index contributed by atoms with van der Waals surface area (Å²) in [5, 5.41) is 12.2. The number of halogens is 1. The maximum Gasteiger partial charge on any atom is 0.329 e. The zero-order chi connectivity index (χ0) is 15.6. The fraction of sp³-hybridized carbons (Fsp3) is 0.467. The van der Waals surface area contributed by atoms with Gasteiger partial charge in [0.1, 0.15) is 5.54 Å². The van der Waals surface area contributed by atoms with Gasteiger partial charge in [-0.15, -0.1) is 0 Å². The highest BCUT2D eigenvalue weighted by atomic mass is 79.9. The number of rotatable bonds is 3. The number of carboxylic acid groups (broad SMARTS) is 1. The molecule has 0 heterocycles. The molecule has 21 heavy (non-hydrogen) atoms. The number of benzene rings is 1. The molecule has 1 aliphatic carbocycles. The van der Waals surface area contributed by atoms with E-state index in [0.29, 0.717) is 30.0 Å². The van der Waals surface area contributed by atoms with Gasteiger partial charge >= 0.3 is 5.97 Å². The highest BCUT2D eigenvalue weighted by Crippen LogP contribution is 2.32. The van der Waals surface area contributed by atoms with Crippen LogP contribution in [0.5, 0.6) is 0 Å². The molecule has 2 rings (SSSR count). The normalized spacial score (nSPS) is 25.3. The molecule has 114 valence electrons. The van der Waals surface area contributed by atoms with Crippen LogP contribution < -0.4 is 11.1 Å². The van der Waals surface area contributed by atoms with Crippen molar-refractivity contribution in [2.45, 2.75) is 38.1 Å². The Balaban J connectivity index is 2.21. The topological polar surface area (TPSA) is 92.4 Å². The largest absolute Gasteiger partial charge is 0.480 e. The number of carbonyl (C=O) groups is 2. The summed E-state index contributed by atoms with van der Waals surface area (Å²) in [5.41, 5.74) is 5.28. The Kier molecular flexibility index (Phi) is 4.56. The SMILES string of the molecule is CC1CCC(NC(=O)c2ccc(Br)cc2N)(C(=O)O)CC1. The van der Waals surface area contributed by atoms with Crippen molar-refractivity contribution in [3.8, 4) is 0 Å². The van der Waals surface area contributed by atoms with Crippen LogP contribution in [0.15, 0.2) is 22.7 Å². The zero-order valence-electron chi connectivity index (χ0n) is 11.9. The lowest BCUT2D eigenvalue weighted by molar-refractivity contribution is -0.146. The first-order valence-electron chi connectivity index (χ1n) is 6.95.